The van der Waals surface area contributed by atoms with E-state index in [2.05, 4.69) is 22.4 Å². The molecule has 3 heteroatoms. The standard InChI is InChI=1S/C13H20N2O/c16-13-3-1-12(2-4-13)15-10-7-11-5-8-14-9-6-11/h5-6,8-9,12-13,15-16H,1-4,7,10H2. The second-order valence-corrected chi connectivity index (χ2v) is 4.57. The molecule has 3 nitrogen and oxygen atoms in total. The molecule has 0 radical (unpaired) electrons. The molecule has 1 aromatic heterocycles. The first kappa shape index (κ1) is 11.6. The van der Waals surface area contributed by atoms with Gasteiger partial charge in [0.05, 0.1) is 6.10 Å². The van der Waals surface area contributed by atoms with Crippen LogP contribution in [-0.2, 0) is 6.42 Å². The fourth-order valence-electron chi connectivity index (χ4n) is 2.25. The lowest BCUT2D eigenvalue weighted by Gasteiger charge is -2.26. The van der Waals surface area contributed by atoms with Crippen molar-refractivity contribution < 1.29 is 5.11 Å². The molecule has 1 aliphatic rings. The zero-order valence-corrected chi connectivity index (χ0v) is 9.60. The maximum absolute atomic E-state index is 9.40. The second-order valence-electron chi connectivity index (χ2n) is 4.57. The first-order chi connectivity index (χ1) is 7.84. The maximum Gasteiger partial charge on any atom is 0.0541 e. The van der Waals surface area contributed by atoms with Crippen LogP contribution >= 0.6 is 0 Å². The van der Waals surface area contributed by atoms with Crippen LogP contribution in [0.3, 0.4) is 0 Å². The lowest BCUT2D eigenvalue weighted by molar-refractivity contribution is 0.117. The summed E-state index contributed by atoms with van der Waals surface area (Å²) in [7, 11) is 0. The lowest BCUT2D eigenvalue weighted by atomic mass is 9.93. The predicted octanol–water partition coefficient (Wildman–Crippen LogP) is 1.52. The number of aliphatic hydroxyl groups excluding tert-OH is 1. The number of aromatic nitrogens is 1. The number of nitrogens with zero attached hydrogens (tertiary/aromatic N) is 1. The van der Waals surface area contributed by atoms with E-state index in [0.717, 1.165) is 38.6 Å². The number of hydrogen-bond acceptors (Lipinski definition) is 3. The molecule has 1 fully saturated rings. The number of aliphatic hydroxyl groups is 1. The number of nitrogens with one attached hydrogen (secondary N) is 1. The lowest BCUT2D eigenvalue weighted by Crippen LogP contribution is -2.35. The van der Waals surface area contributed by atoms with Gasteiger partial charge in [-0.25, -0.2) is 0 Å². The van der Waals surface area contributed by atoms with Gasteiger partial charge in [0.2, 0.25) is 0 Å². The minimum absolute atomic E-state index is 0.0572. The monoisotopic (exact) mass is 220 g/mol. The van der Waals surface area contributed by atoms with Crippen molar-refractivity contribution in [1.29, 1.82) is 0 Å². The maximum atomic E-state index is 9.40. The average Bonchev–Trinajstić information content (AvgIpc) is 2.33. The Morgan fingerprint density at radius 1 is 1.19 bits per heavy atom. The van der Waals surface area contributed by atoms with E-state index in [1.807, 2.05) is 12.4 Å². The van der Waals surface area contributed by atoms with Crippen LogP contribution in [0, 0.1) is 0 Å². The highest BCUT2D eigenvalue weighted by molar-refractivity contribution is 5.09. The van der Waals surface area contributed by atoms with E-state index < -0.39 is 0 Å². The van der Waals surface area contributed by atoms with Gasteiger partial charge >= 0.3 is 0 Å². The van der Waals surface area contributed by atoms with Crippen LogP contribution in [0.1, 0.15) is 31.2 Å². The van der Waals surface area contributed by atoms with Gasteiger partial charge in [-0.2, -0.15) is 0 Å². The molecule has 1 aromatic rings. The summed E-state index contributed by atoms with van der Waals surface area (Å²) in [6, 6.07) is 4.73. The van der Waals surface area contributed by atoms with Crippen LogP contribution < -0.4 is 5.32 Å². The van der Waals surface area contributed by atoms with Gasteiger partial charge in [0.25, 0.3) is 0 Å². The minimum atomic E-state index is -0.0572. The molecule has 0 saturated heterocycles. The summed E-state index contributed by atoms with van der Waals surface area (Å²) in [4.78, 5) is 4.00. The summed E-state index contributed by atoms with van der Waals surface area (Å²) in [6.45, 7) is 1.02. The third-order valence-corrected chi connectivity index (χ3v) is 3.29. The van der Waals surface area contributed by atoms with Crippen LogP contribution in [-0.4, -0.2) is 28.8 Å². The first-order valence-electron chi connectivity index (χ1n) is 6.15. The molecule has 1 saturated carbocycles. The van der Waals surface area contributed by atoms with Crippen LogP contribution in [0.4, 0.5) is 0 Å². The zero-order valence-electron chi connectivity index (χ0n) is 9.60. The number of pyridine rings is 1. The molecule has 2 N–H and O–H groups in total. The summed E-state index contributed by atoms with van der Waals surface area (Å²) >= 11 is 0. The SMILES string of the molecule is OC1CCC(NCCc2ccncc2)CC1. The summed E-state index contributed by atoms with van der Waals surface area (Å²) < 4.78 is 0. The summed E-state index contributed by atoms with van der Waals surface area (Å²) in [5.74, 6) is 0. The largest absolute Gasteiger partial charge is 0.393 e. The van der Waals surface area contributed by atoms with Crippen molar-refractivity contribution in [2.45, 2.75) is 44.2 Å². The topological polar surface area (TPSA) is 45.1 Å². The highest BCUT2D eigenvalue weighted by Gasteiger charge is 2.18. The van der Waals surface area contributed by atoms with Gasteiger partial charge in [0, 0.05) is 18.4 Å². The molecule has 2 rings (SSSR count). The second kappa shape index (κ2) is 5.97. The van der Waals surface area contributed by atoms with Crippen molar-refractivity contribution in [2.75, 3.05) is 6.54 Å². The molecule has 0 aliphatic heterocycles. The third kappa shape index (κ3) is 3.58. The van der Waals surface area contributed by atoms with E-state index in [4.69, 9.17) is 0 Å². The predicted molar refractivity (Wildman–Crippen MR) is 64.2 cm³/mol. The van der Waals surface area contributed by atoms with Crippen LogP contribution in [0.25, 0.3) is 0 Å². The highest BCUT2D eigenvalue weighted by atomic mass is 16.3. The average molecular weight is 220 g/mol. The van der Waals surface area contributed by atoms with Crippen molar-refractivity contribution in [1.82, 2.24) is 10.3 Å². The van der Waals surface area contributed by atoms with Crippen molar-refractivity contribution in [2.24, 2.45) is 0 Å². The quantitative estimate of drug-likeness (QED) is 0.808. The molecule has 16 heavy (non-hydrogen) atoms. The van der Waals surface area contributed by atoms with Gasteiger partial charge in [-0.05, 0) is 56.3 Å². The van der Waals surface area contributed by atoms with Crippen molar-refractivity contribution in [3.8, 4) is 0 Å². The van der Waals surface area contributed by atoms with Gasteiger partial charge in [-0.1, -0.05) is 0 Å². The summed E-state index contributed by atoms with van der Waals surface area (Å²) in [6.07, 6.45) is 8.80. The molecule has 0 amide bonds. The van der Waals surface area contributed by atoms with Crippen LogP contribution in [0.2, 0.25) is 0 Å². The fraction of sp³-hybridized carbons (Fsp3) is 0.615. The van der Waals surface area contributed by atoms with Gasteiger partial charge in [-0.3, -0.25) is 4.98 Å². The Labute approximate surface area is 96.9 Å². The van der Waals surface area contributed by atoms with Crippen molar-refractivity contribution in [3.63, 3.8) is 0 Å². The van der Waals surface area contributed by atoms with E-state index in [1.54, 1.807) is 0 Å². The van der Waals surface area contributed by atoms with E-state index >= 15 is 0 Å². The Morgan fingerprint density at radius 3 is 2.56 bits per heavy atom. The fourth-order valence-corrected chi connectivity index (χ4v) is 2.25. The molecule has 0 bridgehead atoms. The van der Waals surface area contributed by atoms with Gasteiger partial charge < -0.3 is 10.4 Å². The summed E-state index contributed by atoms with van der Waals surface area (Å²) in [5.41, 5.74) is 1.33. The van der Waals surface area contributed by atoms with Gasteiger partial charge in [0.1, 0.15) is 0 Å². The molecule has 88 valence electrons. The highest BCUT2D eigenvalue weighted by Crippen LogP contribution is 2.18. The van der Waals surface area contributed by atoms with Crippen LogP contribution in [0.5, 0.6) is 0 Å². The molecule has 0 unspecified atom stereocenters. The molecule has 0 aromatic carbocycles. The first-order valence-corrected chi connectivity index (χ1v) is 6.15. The Hall–Kier alpha value is -0.930. The Bertz CT molecular complexity index is 294. The molecule has 0 spiro atoms. The minimum Gasteiger partial charge on any atom is -0.393 e. The summed E-state index contributed by atoms with van der Waals surface area (Å²) in [5, 5.41) is 13.0. The van der Waals surface area contributed by atoms with E-state index in [-0.39, 0.29) is 6.10 Å². The molecular formula is C13H20N2O. The molecule has 1 heterocycles. The van der Waals surface area contributed by atoms with E-state index in [1.165, 1.54) is 5.56 Å². The normalized spacial score (nSPS) is 25.6. The molecule has 0 atom stereocenters. The van der Waals surface area contributed by atoms with Crippen LogP contribution in [0.15, 0.2) is 24.5 Å². The van der Waals surface area contributed by atoms with Crippen molar-refractivity contribution in [3.05, 3.63) is 30.1 Å². The smallest absolute Gasteiger partial charge is 0.0541 e. The van der Waals surface area contributed by atoms with E-state index in [9.17, 15) is 5.11 Å². The van der Waals surface area contributed by atoms with Gasteiger partial charge in [-0.15, -0.1) is 0 Å². The van der Waals surface area contributed by atoms with E-state index in [0.29, 0.717) is 6.04 Å². The number of rotatable bonds is 4. The van der Waals surface area contributed by atoms with Gasteiger partial charge in [0.15, 0.2) is 0 Å². The van der Waals surface area contributed by atoms with Crippen molar-refractivity contribution >= 4 is 0 Å². The third-order valence-electron chi connectivity index (χ3n) is 3.29. The Kier molecular flexibility index (Phi) is 4.31. The Morgan fingerprint density at radius 2 is 1.88 bits per heavy atom. The number of hydrogen-bond donors (Lipinski definition) is 2. The zero-order chi connectivity index (χ0) is 11.2. The Balaban J connectivity index is 1.65. The molecular weight excluding hydrogens is 200 g/mol. The molecule has 1 aliphatic carbocycles.